The summed E-state index contributed by atoms with van der Waals surface area (Å²) in [6, 6.07) is 0. The minimum Gasteiger partial charge on any atom is -0.345 e. The third-order valence-electron chi connectivity index (χ3n) is 4.48. The Morgan fingerprint density at radius 2 is 2.09 bits per heavy atom. The first-order valence-corrected chi connectivity index (χ1v) is 7.51. The van der Waals surface area contributed by atoms with E-state index < -0.39 is 0 Å². The Labute approximate surface area is 126 Å². The summed E-state index contributed by atoms with van der Waals surface area (Å²) in [4.78, 5) is 21.1. The molecule has 1 N–H and O–H groups in total. The van der Waals surface area contributed by atoms with Crippen molar-refractivity contribution in [1.29, 1.82) is 0 Å². The van der Waals surface area contributed by atoms with Gasteiger partial charge >= 0.3 is 0 Å². The normalized spacial score (nSPS) is 15.5. The van der Waals surface area contributed by atoms with Gasteiger partial charge in [0.1, 0.15) is 11.5 Å². The fourth-order valence-electron chi connectivity index (χ4n) is 2.98. The van der Waals surface area contributed by atoms with Crippen LogP contribution in [0.5, 0.6) is 0 Å². The smallest absolute Gasteiger partial charge is 0.233 e. The van der Waals surface area contributed by atoms with E-state index in [4.69, 9.17) is 0 Å². The minimum absolute atomic E-state index is 0.542. The summed E-state index contributed by atoms with van der Waals surface area (Å²) in [6.45, 7) is 0. The number of imidazole rings is 1. The van der Waals surface area contributed by atoms with Gasteiger partial charge < -0.3 is 4.98 Å². The molecule has 6 heteroatoms. The van der Waals surface area contributed by atoms with Crippen LogP contribution in [-0.4, -0.2) is 29.3 Å². The van der Waals surface area contributed by atoms with Crippen LogP contribution in [0.25, 0.3) is 27.9 Å². The zero-order valence-corrected chi connectivity index (χ0v) is 11.9. The number of H-pyrrole nitrogens is 1. The van der Waals surface area contributed by atoms with E-state index in [1.807, 2.05) is 35.4 Å². The highest BCUT2D eigenvalue weighted by Crippen LogP contribution is 2.35. The van der Waals surface area contributed by atoms with Crippen LogP contribution in [-0.2, 0) is 0 Å². The van der Waals surface area contributed by atoms with Crippen LogP contribution in [0.3, 0.4) is 0 Å². The maximum atomic E-state index is 4.69. The Balaban J connectivity index is 1.64. The van der Waals surface area contributed by atoms with Crippen molar-refractivity contribution < 1.29 is 0 Å². The first kappa shape index (κ1) is 11.9. The van der Waals surface area contributed by atoms with E-state index in [2.05, 4.69) is 24.9 Å². The molecule has 4 aromatic heterocycles. The second kappa shape index (κ2) is 4.37. The van der Waals surface area contributed by atoms with Gasteiger partial charge in [0.25, 0.3) is 0 Å². The number of rotatable bonds is 2. The summed E-state index contributed by atoms with van der Waals surface area (Å²) in [7, 11) is 0. The molecule has 0 bridgehead atoms. The molecule has 5 rings (SSSR count). The summed E-state index contributed by atoms with van der Waals surface area (Å²) < 4.78 is 1.91. The van der Waals surface area contributed by atoms with Gasteiger partial charge in [-0.05, 0) is 12.8 Å². The van der Waals surface area contributed by atoms with Gasteiger partial charge in [-0.3, -0.25) is 4.40 Å². The first-order chi connectivity index (χ1) is 10.9. The van der Waals surface area contributed by atoms with Crippen molar-refractivity contribution in [2.24, 2.45) is 0 Å². The number of aromatic nitrogens is 6. The zero-order chi connectivity index (χ0) is 14.5. The molecule has 0 amide bonds. The van der Waals surface area contributed by atoms with E-state index in [1.54, 1.807) is 6.20 Å². The van der Waals surface area contributed by atoms with Gasteiger partial charge in [0.15, 0.2) is 0 Å². The van der Waals surface area contributed by atoms with Gasteiger partial charge in [0.05, 0.1) is 0 Å². The monoisotopic (exact) mass is 290 g/mol. The van der Waals surface area contributed by atoms with Crippen LogP contribution in [0.15, 0.2) is 37.2 Å². The maximum absolute atomic E-state index is 4.69. The molecule has 4 heterocycles. The Morgan fingerprint density at radius 1 is 1.14 bits per heavy atom. The molecule has 1 aliphatic carbocycles. The quantitative estimate of drug-likeness (QED) is 0.616. The molecule has 1 aliphatic rings. The standard InChI is InChI=1S/C16H14N6/c1-2-10(3-1)14-18-8-13-12(7-19-15(13)21-14)11-6-20-16-17-4-5-22(16)9-11/h4-10H,1-3H2,(H,18,19,21). The molecule has 22 heavy (non-hydrogen) atoms. The molecular weight excluding hydrogens is 276 g/mol. The zero-order valence-electron chi connectivity index (χ0n) is 11.9. The average Bonchev–Trinajstić information content (AvgIpc) is 3.10. The summed E-state index contributed by atoms with van der Waals surface area (Å²) in [6.07, 6.45) is 15.1. The Bertz CT molecular complexity index is 979. The molecule has 0 spiro atoms. The molecule has 108 valence electrons. The lowest BCUT2D eigenvalue weighted by Gasteiger charge is -2.23. The Morgan fingerprint density at radius 3 is 2.95 bits per heavy atom. The van der Waals surface area contributed by atoms with Gasteiger partial charge in [0.2, 0.25) is 5.78 Å². The van der Waals surface area contributed by atoms with Gasteiger partial charge in [-0.1, -0.05) is 6.42 Å². The maximum Gasteiger partial charge on any atom is 0.233 e. The molecule has 1 saturated carbocycles. The van der Waals surface area contributed by atoms with E-state index in [-0.39, 0.29) is 0 Å². The van der Waals surface area contributed by atoms with E-state index in [1.165, 1.54) is 19.3 Å². The number of hydrogen-bond acceptors (Lipinski definition) is 4. The van der Waals surface area contributed by atoms with Crippen molar-refractivity contribution in [2.45, 2.75) is 25.2 Å². The fraction of sp³-hybridized carbons (Fsp3) is 0.250. The third kappa shape index (κ3) is 1.67. The number of hydrogen-bond donors (Lipinski definition) is 1. The van der Waals surface area contributed by atoms with Gasteiger partial charge in [0, 0.05) is 59.6 Å². The van der Waals surface area contributed by atoms with Crippen LogP contribution in [0.2, 0.25) is 0 Å². The summed E-state index contributed by atoms with van der Waals surface area (Å²) >= 11 is 0. The van der Waals surface area contributed by atoms with Crippen molar-refractivity contribution in [1.82, 2.24) is 29.3 Å². The summed E-state index contributed by atoms with van der Waals surface area (Å²) in [5.74, 6) is 2.21. The lowest BCUT2D eigenvalue weighted by Crippen LogP contribution is -2.12. The van der Waals surface area contributed by atoms with Crippen LogP contribution >= 0.6 is 0 Å². The van der Waals surface area contributed by atoms with Crippen molar-refractivity contribution in [3.63, 3.8) is 0 Å². The lowest BCUT2D eigenvalue weighted by atomic mass is 9.85. The van der Waals surface area contributed by atoms with E-state index >= 15 is 0 Å². The molecule has 0 aliphatic heterocycles. The third-order valence-corrected chi connectivity index (χ3v) is 4.48. The molecule has 0 unspecified atom stereocenters. The summed E-state index contributed by atoms with van der Waals surface area (Å²) in [5, 5.41) is 1.03. The van der Waals surface area contributed by atoms with Crippen molar-refractivity contribution in [2.75, 3.05) is 0 Å². The van der Waals surface area contributed by atoms with E-state index in [0.29, 0.717) is 11.7 Å². The SMILES string of the molecule is c1cn2cc(-c3c[nH]c4nc(C5CCC5)ncc34)cnc2n1. The highest BCUT2D eigenvalue weighted by molar-refractivity contribution is 5.92. The lowest BCUT2D eigenvalue weighted by molar-refractivity contribution is 0.402. The number of nitrogens with one attached hydrogen (secondary N) is 1. The van der Waals surface area contributed by atoms with Gasteiger partial charge in [-0.2, -0.15) is 0 Å². The molecule has 6 nitrogen and oxygen atoms in total. The minimum atomic E-state index is 0.542. The molecule has 0 atom stereocenters. The van der Waals surface area contributed by atoms with Gasteiger partial charge in [-0.25, -0.2) is 19.9 Å². The first-order valence-electron chi connectivity index (χ1n) is 7.51. The summed E-state index contributed by atoms with van der Waals surface area (Å²) in [5.41, 5.74) is 2.99. The topological polar surface area (TPSA) is 71.8 Å². The molecule has 0 aromatic carbocycles. The molecule has 0 saturated heterocycles. The number of aromatic amines is 1. The molecular formula is C16H14N6. The highest BCUT2D eigenvalue weighted by Gasteiger charge is 2.23. The predicted molar refractivity (Wildman–Crippen MR) is 82.5 cm³/mol. The number of fused-ring (bicyclic) bond motifs is 2. The van der Waals surface area contributed by atoms with Crippen molar-refractivity contribution >= 4 is 16.8 Å². The Hall–Kier alpha value is -2.76. The van der Waals surface area contributed by atoms with Gasteiger partial charge in [-0.15, -0.1) is 0 Å². The Kier molecular flexibility index (Phi) is 2.35. The van der Waals surface area contributed by atoms with E-state index in [0.717, 1.165) is 28.0 Å². The molecule has 1 fully saturated rings. The highest BCUT2D eigenvalue weighted by atomic mass is 15.1. The van der Waals surface area contributed by atoms with E-state index in [9.17, 15) is 0 Å². The van der Waals surface area contributed by atoms with Crippen molar-refractivity contribution in [3.8, 4) is 11.1 Å². The largest absolute Gasteiger partial charge is 0.345 e. The molecule has 4 aromatic rings. The second-order valence-electron chi connectivity index (χ2n) is 5.80. The average molecular weight is 290 g/mol. The number of nitrogens with zero attached hydrogens (tertiary/aromatic N) is 5. The van der Waals surface area contributed by atoms with Crippen LogP contribution < -0.4 is 0 Å². The van der Waals surface area contributed by atoms with Crippen LogP contribution in [0, 0.1) is 0 Å². The fourth-order valence-corrected chi connectivity index (χ4v) is 2.98. The predicted octanol–water partition coefficient (Wildman–Crippen LogP) is 2.94. The molecule has 0 radical (unpaired) electrons. The van der Waals surface area contributed by atoms with Crippen LogP contribution in [0.1, 0.15) is 31.0 Å². The second-order valence-corrected chi connectivity index (χ2v) is 5.80. The van der Waals surface area contributed by atoms with Crippen molar-refractivity contribution in [3.05, 3.63) is 43.0 Å². The van der Waals surface area contributed by atoms with Crippen LogP contribution in [0.4, 0.5) is 0 Å².